The SMILES string of the molecule is COc1ccc(NC(=O)c2ccc3[nH]c4c(c3c2)C[C@@H](C)CC4)cc1S(=O)(=O)Nc1ccccc1Cl. The Morgan fingerprint density at radius 1 is 1.11 bits per heavy atom. The number of carbonyl (C=O) groups excluding carboxylic acids is 1. The molecule has 1 aromatic heterocycles. The van der Waals surface area contributed by atoms with E-state index in [9.17, 15) is 13.2 Å². The third-order valence-corrected chi connectivity index (χ3v) is 8.24. The highest BCUT2D eigenvalue weighted by Crippen LogP contribution is 2.33. The van der Waals surface area contributed by atoms with E-state index >= 15 is 0 Å². The molecule has 0 saturated heterocycles. The number of aromatic nitrogens is 1. The van der Waals surface area contributed by atoms with Gasteiger partial charge in [-0.05, 0) is 79.3 Å². The minimum absolute atomic E-state index is 0.119. The molecule has 0 radical (unpaired) electrons. The van der Waals surface area contributed by atoms with Crippen LogP contribution in [0.25, 0.3) is 10.9 Å². The fourth-order valence-electron chi connectivity index (χ4n) is 4.64. The fraction of sp³-hybridized carbons (Fsp3) is 0.222. The Bertz CT molecular complexity index is 1580. The van der Waals surface area contributed by atoms with Gasteiger partial charge in [0.05, 0.1) is 17.8 Å². The second kappa shape index (κ2) is 9.52. The number of hydrogen-bond donors (Lipinski definition) is 3. The minimum atomic E-state index is -4.05. The van der Waals surface area contributed by atoms with Crippen molar-refractivity contribution >= 4 is 49.8 Å². The normalized spacial score (nSPS) is 15.4. The highest BCUT2D eigenvalue weighted by molar-refractivity contribution is 7.92. The molecule has 36 heavy (non-hydrogen) atoms. The van der Waals surface area contributed by atoms with Crippen molar-refractivity contribution in [3.63, 3.8) is 0 Å². The number of aryl methyl sites for hydroxylation is 1. The van der Waals surface area contributed by atoms with Gasteiger partial charge in [-0.2, -0.15) is 0 Å². The smallest absolute Gasteiger partial charge is 0.265 e. The molecule has 186 valence electrons. The van der Waals surface area contributed by atoms with Gasteiger partial charge in [0, 0.05) is 27.8 Å². The third kappa shape index (κ3) is 4.66. The number of ether oxygens (including phenoxy) is 1. The average molecular weight is 524 g/mol. The molecule has 1 atom stereocenters. The monoisotopic (exact) mass is 523 g/mol. The summed E-state index contributed by atoms with van der Waals surface area (Å²) in [5.41, 5.74) is 4.61. The summed E-state index contributed by atoms with van der Waals surface area (Å²) in [6.07, 6.45) is 3.15. The maximum atomic E-state index is 13.2. The number of anilines is 2. The van der Waals surface area contributed by atoms with E-state index in [4.69, 9.17) is 16.3 Å². The molecule has 3 N–H and O–H groups in total. The van der Waals surface area contributed by atoms with Gasteiger partial charge >= 0.3 is 0 Å². The van der Waals surface area contributed by atoms with Crippen LogP contribution >= 0.6 is 11.6 Å². The standard InChI is InChI=1S/C27H26ClN3O4S/c1-16-7-10-22-19(13-16)20-14-17(8-11-23(20)30-22)27(32)29-18-9-12-25(35-2)26(15-18)36(33,34)31-24-6-4-3-5-21(24)28/h3-6,8-9,11-12,14-16,30-31H,7,10,13H2,1-2H3,(H,29,32)/t16-/m0/s1. The largest absolute Gasteiger partial charge is 0.495 e. The second-order valence-corrected chi connectivity index (χ2v) is 11.2. The van der Waals surface area contributed by atoms with Crippen molar-refractivity contribution in [2.24, 2.45) is 5.92 Å². The third-order valence-electron chi connectivity index (χ3n) is 6.53. The van der Waals surface area contributed by atoms with E-state index in [2.05, 4.69) is 21.9 Å². The molecule has 1 aliphatic carbocycles. The minimum Gasteiger partial charge on any atom is -0.495 e. The van der Waals surface area contributed by atoms with Crippen LogP contribution in [0.3, 0.4) is 0 Å². The van der Waals surface area contributed by atoms with Gasteiger partial charge in [-0.25, -0.2) is 8.42 Å². The number of carbonyl (C=O) groups is 1. The number of benzene rings is 3. The van der Waals surface area contributed by atoms with Gasteiger partial charge in [0.1, 0.15) is 10.6 Å². The Morgan fingerprint density at radius 3 is 2.69 bits per heavy atom. The van der Waals surface area contributed by atoms with Gasteiger partial charge in [-0.1, -0.05) is 30.7 Å². The number of sulfonamides is 1. The first kappa shape index (κ1) is 24.2. The van der Waals surface area contributed by atoms with Crippen molar-refractivity contribution in [3.8, 4) is 5.75 Å². The summed E-state index contributed by atoms with van der Waals surface area (Å²) in [4.78, 5) is 16.5. The molecular weight excluding hydrogens is 498 g/mol. The molecule has 3 aromatic carbocycles. The van der Waals surface area contributed by atoms with E-state index in [1.54, 1.807) is 36.4 Å². The van der Waals surface area contributed by atoms with Crippen LogP contribution in [0, 0.1) is 5.92 Å². The first-order chi connectivity index (χ1) is 17.2. The number of halogens is 1. The van der Waals surface area contributed by atoms with Gasteiger partial charge in [-0.15, -0.1) is 0 Å². The zero-order valence-corrected chi connectivity index (χ0v) is 21.5. The van der Waals surface area contributed by atoms with E-state index < -0.39 is 10.0 Å². The number of aromatic amines is 1. The van der Waals surface area contributed by atoms with E-state index in [-0.39, 0.29) is 27.3 Å². The molecular formula is C27H26ClN3O4S. The summed E-state index contributed by atoms with van der Waals surface area (Å²) in [5, 5.41) is 4.15. The Morgan fingerprint density at radius 2 is 1.92 bits per heavy atom. The van der Waals surface area contributed by atoms with E-state index in [1.165, 1.54) is 30.5 Å². The van der Waals surface area contributed by atoms with Crippen molar-refractivity contribution in [2.45, 2.75) is 31.1 Å². The number of methoxy groups -OCH3 is 1. The maximum absolute atomic E-state index is 13.2. The van der Waals surface area contributed by atoms with E-state index in [0.29, 0.717) is 17.2 Å². The van der Waals surface area contributed by atoms with E-state index in [0.717, 1.165) is 30.2 Å². The number of hydrogen-bond acceptors (Lipinski definition) is 4. The number of para-hydroxylation sites is 1. The van der Waals surface area contributed by atoms with Crippen LogP contribution in [0.15, 0.2) is 65.6 Å². The zero-order valence-electron chi connectivity index (χ0n) is 19.9. The molecule has 0 unspecified atom stereocenters. The van der Waals surface area contributed by atoms with Crippen molar-refractivity contribution in [3.05, 3.63) is 82.5 Å². The van der Waals surface area contributed by atoms with E-state index in [1.807, 2.05) is 12.1 Å². The first-order valence-corrected chi connectivity index (χ1v) is 13.5. The molecule has 9 heteroatoms. The topological polar surface area (TPSA) is 100 Å². The molecule has 0 bridgehead atoms. The Labute approximate surface area is 214 Å². The summed E-state index contributed by atoms with van der Waals surface area (Å²) < 4.78 is 34.1. The summed E-state index contributed by atoms with van der Waals surface area (Å²) in [6, 6.07) is 16.6. The molecule has 7 nitrogen and oxygen atoms in total. The van der Waals surface area contributed by atoms with Crippen LogP contribution in [-0.2, 0) is 22.9 Å². The zero-order chi connectivity index (χ0) is 25.4. The van der Waals surface area contributed by atoms with Crippen molar-refractivity contribution in [1.82, 2.24) is 4.98 Å². The van der Waals surface area contributed by atoms with Gasteiger partial charge < -0.3 is 15.0 Å². The molecule has 0 spiro atoms. The Kier molecular flexibility index (Phi) is 6.40. The molecule has 0 aliphatic heterocycles. The van der Waals surface area contributed by atoms with Gasteiger partial charge in [0.2, 0.25) is 0 Å². The summed E-state index contributed by atoms with van der Waals surface area (Å²) >= 11 is 6.13. The Balaban J connectivity index is 1.43. The van der Waals surface area contributed by atoms with Crippen LogP contribution < -0.4 is 14.8 Å². The molecule has 4 aromatic rings. The molecule has 1 aliphatic rings. The second-order valence-electron chi connectivity index (χ2n) is 9.10. The number of fused-ring (bicyclic) bond motifs is 3. The maximum Gasteiger partial charge on any atom is 0.265 e. The summed E-state index contributed by atoms with van der Waals surface area (Å²) in [5.74, 6) is 0.415. The highest BCUT2D eigenvalue weighted by Gasteiger charge is 2.23. The molecule has 1 amide bonds. The van der Waals surface area contributed by atoms with Gasteiger partial charge in [0.25, 0.3) is 15.9 Å². The lowest BCUT2D eigenvalue weighted by atomic mass is 9.87. The Hall–Kier alpha value is -3.49. The summed E-state index contributed by atoms with van der Waals surface area (Å²) in [6.45, 7) is 2.24. The van der Waals surface area contributed by atoms with Crippen LogP contribution in [0.5, 0.6) is 5.75 Å². The van der Waals surface area contributed by atoms with Crippen LogP contribution in [0.2, 0.25) is 5.02 Å². The number of rotatable bonds is 6. The quantitative estimate of drug-likeness (QED) is 0.288. The fourth-order valence-corrected chi connectivity index (χ4v) is 6.16. The lowest BCUT2D eigenvalue weighted by molar-refractivity contribution is 0.102. The van der Waals surface area contributed by atoms with Gasteiger partial charge in [-0.3, -0.25) is 9.52 Å². The van der Waals surface area contributed by atoms with Gasteiger partial charge in [0.15, 0.2) is 0 Å². The van der Waals surface area contributed by atoms with Crippen molar-refractivity contribution < 1.29 is 17.9 Å². The lowest BCUT2D eigenvalue weighted by Crippen LogP contribution is -2.16. The van der Waals surface area contributed by atoms with Crippen LogP contribution in [0.1, 0.15) is 35.0 Å². The molecule has 0 saturated carbocycles. The lowest BCUT2D eigenvalue weighted by Gasteiger charge is -2.18. The first-order valence-electron chi connectivity index (χ1n) is 11.7. The summed E-state index contributed by atoms with van der Waals surface area (Å²) in [7, 11) is -2.67. The average Bonchev–Trinajstić information content (AvgIpc) is 3.22. The molecule has 1 heterocycles. The van der Waals surface area contributed by atoms with Crippen LogP contribution in [-0.4, -0.2) is 26.4 Å². The predicted molar refractivity (Wildman–Crippen MR) is 143 cm³/mol. The number of nitrogens with one attached hydrogen (secondary N) is 3. The number of H-pyrrole nitrogens is 1. The predicted octanol–water partition coefficient (Wildman–Crippen LogP) is 6.01. The van der Waals surface area contributed by atoms with Crippen molar-refractivity contribution in [2.75, 3.05) is 17.1 Å². The molecule has 0 fully saturated rings. The molecule has 5 rings (SSSR count). The number of amides is 1. The van der Waals surface area contributed by atoms with Crippen molar-refractivity contribution in [1.29, 1.82) is 0 Å². The highest BCUT2D eigenvalue weighted by atomic mass is 35.5. The van der Waals surface area contributed by atoms with Crippen LogP contribution in [0.4, 0.5) is 11.4 Å².